The first-order valence-corrected chi connectivity index (χ1v) is 7.97. The second-order valence-corrected chi connectivity index (χ2v) is 7.21. The molecular weight excluding hydrogens is 288 g/mol. The average molecular weight is 307 g/mol. The topological polar surface area (TPSA) is 24.9 Å². The highest BCUT2D eigenvalue weighted by molar-refractivity contribution is 9.10. The highest BCUT2D eigenvalue weighted by Gasteiger charge is 2.53. The van der Waals surface area contributed by atoms with E-state index in [-0.39, 0.29) is 0 Å². The molecule has 1 heterocycles. The summed E-state index contributed by atoms with van der Waals surface area (Å²) in [5, 5.41) is 3.73. The van der Waals surface area contributed by atoms with Crippen molar-refractivity contribution in [3.63, 3.8) is 0 Å². The fourth-order valence-electron chi connectivity index (χ4n) is 4.94. The van der Waals surface area contributed by atoms with Crippen molar-refractivity contribution in [2.24, 2.45) is 23.7 Å². The van der Waals surface area contributed by atoms with Gasteiger partial charge < -0.3 is 5.32 Å². The van der Waals surface area contributed by atoms with Gasteiger partial charge in [0.1, 0.15) is 0 Å². The highest BCUT2D eigenvalue weighted by atomic mass is 79.9. The third-order valence-electron chi connectivity index (χ3n) is 5.49. The molecule has 1 aromatic rings. The van der Waals surface area contributed by atoms with Crippen LogP contribution >= 0.6 is 15.9 Å². The first-order chi connectivity index (χ1) is 8.81. The number of halogens is 1. The number of pyridine rings is 1. The lowest BCUT2D eigenvalue weighted by atomic mass is 9.79. The number of hydrogen-bond acceptors (Lipinski definition) is 2. The van der Waals surface area contributed by atoms with Crippen molar-refractivity contribution in [2.45, 2.75) is 38.1 Å². The molecular formula is C15H19BrN2. The summed E-state index contributed by atoms with van der Waals surface area (Å²) in [5.41, 5.74) is 1.18. The van der Waals surface area contributed by atoms with Gasteiger partial charge in [-0.05, 0) is 71.4 Å². The van der Waals surface area contributed by atoms with E-state index in [9.17, 15) is 0 Å². The molecule has 3 heteroatoms. The maximum absolute atomic E-state index is 4.25. The first-order valence-electron chi connectivity index (χ1n) is 7.18. The summed E-state index contributed by atoms with van der Waals surface area (Å²) in [7, 11) is 0. The van der Waals surface area contributed by atoms with Crippen LogP contribution in [-0.2, 0) is 0 Å². The molecule has 2 nitrogen and oxygen atoms in total. The third kappa shape index (κ3) is 1.70. The molecule has 3 saturated carbocycles. The lowest BCUT2D eigenvalue weighted by molar-refractivity contribution is 0.243. The molecule has 2 bridgehead atoms. The monoisotopic (exact) mass is 306 g/mol. The summed E-state index contributed by atoms with van der Waals surface area (Å²) in [6, 6.07) is 2.84. The first kappa shape index (κ1) is 11.3. The van der Waals surface area contributed by atoms with E-state index in [4.69, 9.17) is 0 Å². The van der Waals surface area contributed by atoms with Gasteiger partial charge in [-0.2, -0.15) is 0 Å². The molecule has 3 aliphatic carbocycles. The summed E-state index contributed by atoms with van der Waals surface area (Å²) in [6.07, 6.45) is 11.1. The molecule has 5 unspecified atom stereocenters. The van der Waals surface area contributed by atoms with E-state index >= 15 is 0 Å². The van der Waals surface area contributed by atoms with Crippen LogP contribution in [-0.4, -0.2) is 11.0 Å². The fraction of sp³-hybridized carbons (Fsp3) is 0.667. The Balaban J connectivity index is 1.51. The number of anilines is 1. The minimum Gasteiger partial charge on any atom is -0.381 e. The predicted molar refractivity (Wildman–Crippen MR) is 76.4 cm³/mol. The molecule has 3 fully saturated rings. The van der Waals surface area contributed by atoms with E-state index < -0.39 is 0 Å². The zero-order valence-corrected chi connectivity index (χ0v) is 12.1. The van der Waals surface area contributed by atoms with Gasteiger partial charge in [0.15, 0.2) is 0 Å². The summed E-state index contributed by atoms with van der Waals surface area (Å²) >= 11 is 3.50. The molecule has 0 radical (unpaired) electrons. The van der Waals surface area contributed by atoms with Crippen molar-refractivity contribution < 1.29 is 0 Å². The molecule has 0 aliphatic heterocycles. The van der Waals surface area contributed by atoms with Gasteiger partial charge in [-0.1, -0.05) is 6.42 Å². The predicted octanol–water partition coefficient (Wildman–Crippen LogP) is 4.08. The van der Waals surface area contributed by atoms with Crippen LogP contribution in [0.4, 0.5) is 5.69 Å². The number of hydrogen-bond donors (Lipinski definition) is 1. The van der Waals surface area contributed by atoms with Gasteiger partial charge in [-0.25, -0.2) is 0 Å². The number of fused-ring (bicyclic) bond motifs is 5. The number of nitrogens with zero attached hydrogens (tertiary/aromatic N) is 1. The molecule has 0 amide bonds. The minimum atomic E-state index is 0.699. The second-order valence-electron chi connectivity index (χ2n) is 6.30. The quantitative estimate of drug-likeness (QED) is 0.890. The van der Waals surface area contributed by atoms with Gasteiger partial charge in [0, 0.05) is 16.7 Å². The zero-order chi connectivity index (χ0) is 12.1. The van der Waals surface area contributed by atoms with Gasteiger partial charge in [-0.15, -0.1) is 0 Å². The number of rotatable bonds is 2. The summed E-state index contributed by atoms with van der Waals surface area (Å²) in [6.45, 7) is 0. The Kier molecular flexibility index (Phi) is 2.65. The summed E-state index contributed by atoms with van der Waals surface area (Å²) in [4.78, 5) is 4.25. The molecule has 1 N–H and O–H groups in total. The van der Waals surface area contributed by atoms with E-state index in [1.165, 1.54) is 37.8 Å². The van der Waals surface area contributed by atoms with Gasteiger partial charge in [0.05, 0.1) is 11.9 Å². The standard InChI is InChI=1S/C15H19BrN2/c16-10-6-11(8-17-7-10)18-15-5-9-4-14(15)13-3-1-2-12(9)13/h6-9,12-15,18H,1-5H2. The van der Waals surface area contributed by atoms with Crippen LogP contribution in [0.2, 0.25) is 0 Å². The van der Waals surface area contributed by atoms with Crippen molar-refractivity contribution >= 4 is 21.6 Å². The van der Waals surface area contributed by atoms with Gasteiger partial charge in [-0.3, -0.25) is 4.98 Å². The third-order valence-corrected chi connectivity index (χ3v) is 5.92. The SMILES string of the molecule is Brc1cncc(NC2CC3CC2C2CCCC32)c1. The molecule has 3 aliphatic rings. The summed E-state index contributed by atoms with van der Waals surface area (Å²) < 4.78 is 1.06. The fourth-order valence-corrected chi connectivity index (χ4v) is 5.30. The van der Waals surface area contributed by atoms with Crippen molar-refractivity contribution in [2.75, 3.05) is 5.32 Å². The molecule has 1 aromatic heterocycles. The Bertz CT molecular complexity index is 462. The van der Waals surface area contributed by atoms with Crippen LogP contribution in [0.15, 0.2) is 22.9 Å². The van der Waals surface area contributed by atoms with Crippen molar-refractivity contribution in [3.05, 3.63) is 22.9 Å². The smallest absolute Gasteiger partial charge is 0.0540 e. The minimum absolute atomic E-state index is 0.699. The number of aromatic nitrogens is 1. The Morgan fingerprint density at radius 3 is 2.89 bits per heavy atom. The molecule has 0 saturated heterocycles. The van der Waals surface area contributed by atoms with Crippen LogP contribution in [0.1, 0.15) is 32.1 Å². The van der Waals surface area contributed by atoms with E-state index in [0.29, 0.717) is 6.04 Å². The van der Waals surface area contributed by atoms with E-state index in [2.05, 4.69) is 32.3 Å². The van der Waals surface area contributed by atoms with Gasteiger partial charge in [0.25, 0.3) is 0 Å². The normalized spacial score (nSPS) is 41.1. The zero-order valence-electron chi connectivity index (χ0n) is 10.5. The van der Waals surface area contributed by atoms with Gasteiger partial charge >= 0.3 is 0 Å². The van der Waals surface area contributed by atoms with Crippen LogP contribution in [0.5, 0.6) is 0 Å². The lowest BCUT2D eigenvalue weighted by Crippen LogP contribution is -2.33. The summed E-state index contributed by atoms with van der Waals surface area (Å²) in [5.74, 6) is 4.05. The molecule has 0 aromatic carbocycles. The van der Waals surface area contributed by atoms with Crippen LogP contribution in [0, 0.1) is 23.7 Å². The van der Waals surface area contributed by atoms with Crippen LogP contribution in [0.3, 0.4) is 0 Å². The maximum Gasteiger partial charge on any atom is 0.0540 e. The average Bonchev–Trinajstić information content (AvgIpc) is 2.99. The van der Waals surface area contributed by atoms with Crippen LogP contribution in [0.25, 0.3) is 0 Å². The molecule has 4 rings (SSSR count). The molecule has 0 spiro atoms. The number of nitrogens with one attached hydrogen (secondary N) is 1. The maximum atomic E-state index is 4.25. The van der Waals surface area contributed by atoms with E-state index in [0.717, 1.165) is 28.1 Å². The second kappa shape index (κ2) is 4.22. The van der Waals surface area contributed by atoms with Gasteiger partial charge in [0.2, 0.25) is 0 Å². The molecule has 18 heavy (non-hydrogen) atoms. The van der Waals surface area contributed by atoms with Crippen molar-refractivity contribution in [3.8, 4) is 0 Å². The lowest BCUT2D eigenvalue weighted by Gasteiger charge is -2.32. The highest BCUT2D eigenvalue weighted by Crippen LogP contribution is 2.59. The van der Waals surface area contributed by atoms with Crippen molar-refractivity contribution in [1.29, 1.82) is 0 Å². The van der Waals surface area contributed by atoms with E-state index in [1.807, 2.05) is 12.4 Å². The Labute approximate surface area is 117 Å². The largest absolute Gasteiger partial charge is 0.381 e. The molecule has 96 valence electrons. The van der Waals surface area contributed by atoms with Crippen molar-refractivity contribution in [1.82, 2.24) is 4.98 Å². The Morgan fingerprint density at radius 1 is 1.11 bits per heavy atom. The Morgan fingerprint density at radius 2 is 2.00 bits per heavy atom. The van der Waals surface area contributed by atoms with E-state index in [1.54, 1.807) is 0 Å². The Hall–Kier alpha value is -0.570. The molecule has 5 atom stereocenters. The van der Waals surface area contributed by atoms with Crippen LogP contribution < -0.4 is 5.32 Å².